The van der Waals surface area contributed by atoms with E-state index in [0.717, 1.165) is 6.42 Å². The molecule has 1 aliphatic rings. The summed E-state index contributed by atoms with van der Waals surface area (Å²) in [5, 5.41) is 13.2. The number of fused-ring (bicyclic) bond motifs is 1. The summed E-state index contributed by atoms with van der Waals surface area (Å²) in [5.74, 6) is 0. The van der Waals surface area contributed by atoms with Crippen molar-refractivity contribution in [1.29, 1.82) is 0 Å². The van der Waals surface area contributed by atoms with E-state index in [1.54, 1.807) is 11.3 Å². The van der Waals surface area contributed by atoms with Crippen molar-refractivity contribution < 1.29 is 13.3 Å². The third-order valence-electron chi connectivity index (χ3n) is 4.75. The quantitative estimate of drug-likeness (QED) is 0.559. The Balaban J connectivity index is 0.00000261. The first-order valence-corrected chi connectivity index (χ1v) is 10.7. The predicted molar refractivity (Wildman–Crippen MR) is 108 cm³/mol. The molecule has 0 saturated carbocycles. The minimum absolute atomic E-state index is 0. The normalized spacial score (nSPS) is 19.9. The number of benzene rings is 1. The highest BCUT2D eigenvalue weighted by molar-refractivity contribution is 7.89. The number of nitrogens with zero attached hydrogens (tertiary/aromatic N) is 2. The van der Waals surface area contributed by atoms with Crippen molar-refractivity contribution in [3.05, 3.63) is 56.3 Å². The van der Waals surface area contributed by atoms with Crippen LogP contribution in [-0.4, -0.2) is 37.4 Å². The van der Waals surface area contributed by atoms with E-state index in [-0.39, 0.29) is 29.9 Å². The summed E-state index contributed by atoms with van der Waals surface area (Å²) in [6.07, 6.45) is 0.945. The van der Waals surface area contributed by atoms with Gasteiger partial charge in [-0.1, -0.05) is 12.1 Å². The van der Waals surface area contributed by atoms with Crippen LogP contribution >= 0.6 is 23.7 Å². The minimum Gasteiger partial charge on any atom is -0.291 e. The van der Waals surface area contributed by atoms with Crippen LogP contribution in [0.5, 0.6) is 0 Å². The van der Waals surface area contributed by atoms with Gasteiger partial charge in [0.05, 0.1) is 4.92 Å². The number of thiophene rings is 1. The van der Waals surface area contributed by atoms with Gasteiger partial charge >= 0.3 is 0 Å². The van der Waals surface area contributed by atoms with Gasteiger partial charge < -0.3 is 0 Å². The van der Waals surface area contributed by atoms with E-state index in [4.69, 9.17) is 0 Å². The number of nitro groups is 1. The Morgan fingerprint density at radius 2 is 2.00 bits per heavy atom. The number of hydrogen-bond acceptors (Lipinski definition) is 6. The van der Waals surface area contributed by atoms with Gasteiger partial charge in [-0.2, -0.15) is 0 Å². The van der Waals surface area contributed by atoms with E-state index in [0.29, 0.717) is 12.6 Å². The maximum atomic E-state index is 12.5. The molecule has 2 aromatic rings. The molecule has 0 fully saturated rings. The third kappa shape index (κ3) is 4.49. The molecule has 148 valence electrons. The molecule has 2 heterocycles. The monoisotopic (exact) mass is 431 g/mol. The molecule has 0 bridgehead atoms. The highest BCUT2D eigenvalue weighted by Gasteiger charge is 2.30. The molecule has 0 radical (unpaired) electrons. The molecule has 1 aromatic heterocycles. The van der Waals surface area contributed by atoms with E-state index in [9.17, 15) is 18.5 Å². The van der Waals surface area contributed by atoms with E-state index < -0.39 is 20.6 Å². The lowest BCUT2D eigenvalue weighted by atomic mass is 9.97. The van der Waals surface area contributed by atoms with Gasteiger partial charge in [-0.25, -0.2) is 13.1 Å². The first-order valence-electron chi connectivity index (χ1n) is 8.36. The molecule has 0 saturated heterocycles. The highest BCUT2D eigenvalue weighted by atomic mass is 35.5. The Labute approximate surface area is 169 Å². The van der Waals surface area contributed by atoms with E-state index in [1.165, 1.54) is 34.7 Å². The lowest BCUT2D eigenvalue weighted by Gasteiger charge is -2.38. The summed E-state index contributed by atoms with van der Waals surface area (Å²) < 4.78 is 27.5. The zero-order valence-corrected chi connectivity index (χ0v) is 17.4. The van der Waals surface area contributed by atoms with Crippen LogP contribution in [0.1, 0.15) is 30.3 Å². The summed E-state index contributed by atoms with van der Waals surface area (Å²) in [7, 11) is -3.94. The smallest absolute Gasteiger partial charge is 0.289 e. The van der Waals surface area contributed by atoms with Crippen LogP contribution in [0, 0.1) is 10.1 Å². The average Bonchev–Trinajstić information content (AvgIpc) is 3.06. The fourth-order valence-electron chi connectivity index (χ4n) is 3.49. The van der Waals surface area contributed by atoms with Crippen LogP contribution in [0.2, 0.25) is 0 Å². The Bertz CT molecular complexity index is 916. The molecule has 0 unspecified atom stereocenters. The second-order valence-electron chi connectivity index (χ2n) is 6.40. The van der Waals surface area contributed by atoms with Gasteiger partial charge in [-0.3, -0.25) is 15.0 Å². The fraction of sp³-hybridized carbons (Fsp3) is 0.412. The topological polar surface area (TPSA) is 92.6 Å². The van der Waals surface area contributed by atoms with E-state index in [1.807, 2.05) is 0 Å². The molecular formula is C17H22ClN3O4S2. The van der Waals surface area contributed by atoms with Crippen LogP contribution in [0.3, 0.4) is 0 Å². The van der Waals surface area contributed by atoms with E-state index in [2.05, 4.69) is 34.9 Å². The summed E-state index contributed by atoms with van der Waals surface area (Å²) in [6.45, 7) is 5.00. The van der Waals surface area contributed by atoms with Crippen molar-refractivity contribution >= 4 is 39.5 Å². The summed E-state index contributed by atoms with van der Waals surface area (Å²) >= 11 is 1.73. The zero-order chi connectivity index (χ0) is 18.9. The van der Waals surface area contributed by atoms with Crippen molar-refractivity contribution in [2.45, 2.75) is 37.2 Å². The Hall–Kier alpha value is -1.52. The van der Waals surface area contributed by atoms with Crippen molar-refractivity contribution in [2.24, 2.45) is 0 Å². The fourth-order valence-corrected chi connectivity index (χ4v) is 5.69. The zero-order valence-electron chi connectivity index (χ0n) is 15.0. The molecule has 10 heteroatoms. The molecule has 2 atom stereocenters. The molecule has 1 aliphatic heterocycles. The van der Waals surface area contributed by atoms with Crippen molar-refractivity contribution in [2.75, 3.05) is 13.1 Å². The first kappa shape index (κ1) is 21.8. The molecule has 0 aliphatic carbocycles. The number of para-hydroxylation sites is 1. The van der Waals surface area contributed by atoms with Gasteiger partial charge in [0.15, 0.2) is 4.90 Å². The van der Waals surface area contributed by atoms with Crippen molar-refractivity contribution in [1.82, 2.24) is 9.62 Å². The Morgan fingerprint density at radius 3 is 2.70 bits per heavy atom. The van der Waals surface area contributed by atoms with Crippen LogP contribution < -0.4 is 4.72 Å². The lowest BCUT2D eigenvalue weighted by molar-refractivity contribution is -0.387. The van der Waals surface area contributed by atoms with Crippen LogP contribution in [-0.2, 0) is 16.4 Å². The maximum absolute atomic E-state index is 12.5. The molecule has 1 N–H and O–H groups in total. The SMILES string of the molecule is C[C@@H]1Cc2ccsc2[C@H](C)N1CCNS(=O)(=O)c1ccccc1[N+](=O)[O-].Cl. The second-order valence-corrected chi connectivity index (χ2v) is 9.08. The van der Waals surface area contributed by atoms with Crippen molar-refractivity contribution in [3.63, 3.8) is 0 Å². The first-order chi connectivity index (χ1) is 12.3. The van der Waals surface area contributed by atoms with Gasteiger partial charge in [0.2, 0.25) is 10.0 Å². The maximum Gasteiger partial charge on any atom is 0.289 e. The number of sulfonamides is 1. The number of hydrogen-bond donors (Lipinski definition) is 1. The van der Waals surface area contributed by atoms with Crippen molar-refractivity contribution in [3.8, 4) is 0 Å². The van der Waals surface area contributed by atoms with Gasteiger partial charge in [0.25, 0.3) is 5.69 Å². The van der Waals surface area contributed by atoms with Crippen LogP contribution in [0.4, 0.5) is 5.69 Å². The third-order valence-corrected chi connectivity index (χ3v) is 7.39. The molecule has 3 rings (SSSR count). The van der Waals surface area contributed by atoms with Gasteiger partial charge in [0.1, 0.15) is 0 Å². The number of nitro benzene ring substituents is 1. The van der Waals surface area contributed by atoms with Gasteiger partial charge in [-0.05, 0) is 43.3 Å². The Kier molecular flexibility index (Phi) is 6.98. The average molecular weight is 432 g/mol. The largest absolute Gasteiger partial charge is 0.291 e. The van der Waals surface area contributed by atoms with Gasteiger partial charge in [-0.15, -0.1) is 23.7 Å². The Morgan fingerprint density at radius 1 is 1.30 bits per heavy atom. The number of rotatable bonds is 6. The summed E-state index contributed by atoms with van der Waals surface area (Å²) in [5.41, 5.74) is 0.953. The summed E-state index contributed by atoms with van der Waals surface area (Å²) in [4.78, 5) is 13.7. The molecule has 1 aromatic carbocycles. The van der Waals surface area contributed by atoms with Crippen LogP contribution in [0.25, 0.3) is 0 Å². The second kappa shape index (κ2) is 8.66. The molecular weight excluding hydrogens is 410 g/mol. The molecule has 27 heavy (non-hydrogen) atoms. The molecule has 0 amide bonds. The number of halogens is 1. The molecule has 7 nitrogen and oxygen atoms in total. The standard InChI is InChI=1S/C17H21N3O4S2.ClH/c1-12-11-14-7-10-25-17(14)13(2)19(12)9-8-18-26(23,24)16-6-4-3-5-15(16)20(21)22;/h3-7,10,12-13,18H,8-9,11H2,1-2H3;1H/t12-,13+;/m1./s1. The van der Waals surface area contributed by atoms with E-state index >= 15 is 0 Å². The highest BCUT2D eigenvalue weighted by Crippen LogP contribution is 2.36. The van der Waals surface area contributed by atoms with Gasteiger partial charge in [0, 0.05) is 36.1 Å². The minimum atomic E-state index is -3.94. The molecule has 0 spiro atoms. The van der Waals surface area contributed by atoms with Crippen LogP contribution in [0.15, 0.2) is 40.6 Å². The number of nitrogens with one attached hydrogen (secondary N) is 1. The lowest BCUT2D eigenvalue weighted by Crippen LogP contribution is -2.44. The predicted octanol–water partition coefficient (Wildman–Crippen LogP) is 3.36. The summed E-state index contributed by atoms with van der Waals surface area (Å²) in [6, 6.07) is 8.07.